The van der Waals surface area contributed by atoms with E-state index in [4.69, 9.17) is 5.73 Å². The Kier molecular flexibility index (Phi) is 7.21. The van der Waals surface area contributed by atoms with E-state index in [-0.39, 0.29) is 17.2 Å². The van der Waals surface area contributed by atoms with Crippen LogP contribution in [-0.2, 0) is 6.54 Å². The molecule has 0 aromatic heterocycles. The van der Waals surface area contributed by atoms with Crippen molar-refractivity contribution >= 4 is 17.5 Å². The van der Waals surface area contributed by atoms with Gasteiger partial charge in [-0.2, -0.15) is 0 Å². The number of amides is 2. The van der Waals surface area contributed by atoms with Crippen LogP contribution in [0.4, 0.5) is 5.69 Å². The number of nitrogens with two attached hydrogens (primary N) is 1. The fourth-order valence-corrected chi connectivity index (χ4v) is 3.30. The maximum atomic E-state index is 13.2. The normalized spacial score (nSPS) is 11.1. The molecular weight excluding hydrogens is 386 g/mol. The molecule has 2 amide bonds. The molecule has 5 nitrogen and oxygen atoms in total. The number of nitrogens with one attached hydrogen (secondary N) is 1. The molecule has 3 aromatic carbocycles. The molecule has 0 saturated carbocycles. The highest BCUT2D eigenvalue weighted by Gasteiger charge is 2.25. The van der Waals surface area contributed by atoms with Gasteiger partial charge in [-0.3, -0.25) is 9.59 Å². The second-order valence-electron chi connectivity index (χ2n) is 8.42. The van der Waals surface area contributed by atoms with Crippen molar-refractivity contribution < 1.29 is 9.59 Å². The minimum absolute atomic E-state index is 0.0409. The van der Waals surface area contributed by atoms with Crippen LogP contribution in [0.25, 0.3) is 0 Å². The van der Waals surface area contributed by atoms with Crippen molar-refractivity contribution in [3.8, 4) is 0 Å². The van der Waals surface area contributed by atoms with E-state index in [1.165, 1.54) is 0 Å². The Morgan fingerprint density at radius 3 is 2.10 bits per heavy atom. The van der Waals surface area contributed by atoms with Crippen molar-refractivity contribution in [1.82, 2.24) is 4.90 Å². The third-order valence-electron chi connectivity index (χ3n) is 5.07. The molecule has 0 radical (unpaired) electrons. The largest absolute Gasteiger partial charge is 0.334 e. The fraction of sp³-hybridized carbons (Fsp3) is 0.231. The molecule has 0 unspecified atom stereocenters. The van der Waals surface area contributed by atoms with Gasteiger partial charge in [0.05, 0.1) is 0 Å². The van der Waals surface area contributed by atoms with Gasteiger partial charge in [-0.25, -0.2) is 0 Å². The monoisotopic (exact) mass is 415 g/mol. The summed E-state index contributed by atoms with van der Waals surface area (Å²) in [5.74, 6) is -0.208. The van der Waals surface area contributed by atoms with Gasteiger partial charge >= 0.3 is 0 Å². The lowest BCUT2D eigenvalue weighted by atomic mass is 9.92. The van der Waals surface area contributed by atoms with Gasteiger partial charge < -0.3 is 16.0 Å². The summed E-state index contributed by atoms with van der Waals surface area (Å²) in [7, 11) is 0. The number of benzene rings is 3. The summed E-state index contributed by atoms with van der Waals surface area (Å²) in [6.45, 7) is 5.52. The van der Waals surface area contributed by atoms with Crippen molar-refractivity contribution in [3.63, 3.8) is 0 Å². The summed E-state index contributed by atoms with van der Waals surface area (Å²) >= 11 is 0. The summed E-state index contributed by atoms with van der Waals surface area (Å²) in [5, 5.41) is 2.93. The molecule has 0 aliphatic rings. The molecule has 3 N–H and O–H groups in total. The van der Waals surface area contributed by atoms with Gasteiger partial charge in [-0.15, -0.1) is 0 Å². The quantitative estimate of drug-likeness (QED) is 0.566. The lowest BCUT2D eigenvalue weighted by Crippen LogP contribution is -2.41. The topological polar surface area (TPSA) is 75.4 Å². The zero-order valence-corrected chi connectivity index (χ0v) is 18.0. The highest BCUT2D eigenvalue weighted by Crippen LogP contribution is 2.21. The Balaban J connectivity index is 1.80. The van der Waals surface area contributed by atoms with Gasteiger partial charge in [0.2, 0.25) is 0 Å². The summed E-state index contributed by atoms with van der Waals surface area (Å²) < 4.78 is 0. The molecule has 3 aromatic rings. The third kappa shape index (κ3) is 6.27. The van der Waals surface area contributed by atoms with Crippen molar-refractivity contribution in [3.05, 3.63) is 102 Å². The van der Waals surface area contributed by atoms with Crippen molar-refractivity contribution in [2.24, 2.45) is 11.1 Å². The Morgan fingerprint density at radius 1 is 0.871 bits per heavy atom. The molecule has 0 aliphatic heterocycles. The minimum Gasteiger partial charge on any atom is -0.334 e. The average Bonchev–Trinajstić information content (AvgIpc) is 2.79. The maximum Gasteiger partial charge on any atom is 0.255 e. The number of rotatable bonds is 8. The van der Waals surface area contributed by atoms with Crippen LogP contribution in [0.2, 0.25) is 0 Å². The molecule has 0 bridgehead atoms. The summed E-state index contributed by atoms with van der Waals surface area (Å²) in [6.07, 6.45) is 0. The lowest BCUT2D eigenvalue weighted by molar-refractivity contribution is 0.0673. The fourth-order valence-electron chi connectivity index (χ4n) is 3.30. The van der Waals surface area contributed by atoms with Gasteiger partial charge in [0.15, 0.2) is 0 Å². The van der Waals surface area contributed by atoms with Gasteiger partial charge in [0.25, 0.3) is 11.8 Å². The van der Waals surface area contributed by atoms with Crippen LogP contribution >= 0.6 is 0 Å². The van der Waals surface area contributed by atoms with E-state index in [1.54, 1.807) is 12.1 Å². The number of carbonyl (C=O) groups is 2. The molecule has 0 saturated heterocycles. The molecule has 0 fully saturated rings. The van der Waals surface area contributed by atoms with Crippen molar-refractivity contribution in [2.75, 3.05) is 18.4 Å². The molecular formula is C26H29N3O2. The molecule has 0 atom stereocenters. The molecule has 31 heavy (non-hydrogen) atoms. The summed E-state index contributed by atoms with van der Waals surface area (Å²) in [5.41, 5.74) is 8.58. The number of hydrogen-bond acceptors (Lipinski definition) is 3. The maximum absolute atomic E-state index is 13.2. The third-order valence-corrected chi connectivity index (χ3v) is 5.07. The zero-order chi connectivity index (χ0) is 22.3. The molecule has 3 rings (SSSR count). The molecule has 0 heterocycles. The summed E-state index contributed by atoms with van der Waals surface area (Å²) in [6, 6.07) is 25.9. The Labute approximate surface area is 183 Å². The number of carbonyl (C=O) groups excluding carboxylic acids is 2. The van der Waals surface area contributed by atoms with Crippen LogP contribution in [0.3, 0.4) is 0 Å². The highest BCUT2D eigenvalue weighted by atomic mass is 16.2. The van der Waals surface area contributed by atoms with Crippen molar-refractivity contribution in [2.45, 2.75) is 20.4 Å². The molecule has 0 spiro atoms. The second-order valence-corrected chi connectivity index (χ2v) is 8.42. The van der Waals surface area contributed by atoms with E-state index < -0.39 is 0 Å². The Hall–Kier alpha value is -3.44. The number of nitrogens with zero attached hydrogens (tertiary/aromatic N) is 1. The highest BCUT2D eigenvalue weighted by molar-refractivity contribution is 6.04. The van der Waals surface area contributed by atoms with E-state index in [1.807, 2.05) is 77.7 Å². The van der Waals surface area contributed by atoms with Crippen LogP contribution in [0, 0.1) is 5.41 Å². The minimum atomic E-state index is -0.219. The average molecular weight is 416 g/mol. The van der Waals surface area contributed by atoms with E-state index in [9.17, 15) is 9.59 Å². The SMILES string of the molecule is CC(C)(CN)CN(Cc1cccc(NC(=O)c2ccccc2)c1)C(=O)c1ccccc1. The molecule has 5 heteroatoms. The summed E-state index contributed by atoms with van der Waals surface area (Å²) in [4.78, 5) is 27.5. The van der Waals surface area contributed by atoms with Crippen LogP contribution in [0.5, 0.6) is 0 Å². The Morgan fingerprint density at radius 2 is 1.48 bits per heavy atom. The second kappa shape index (κ2) is 10.0. The van der Waals surface area contributed by atoms with Gasteiger partial charge in [0.1, 0.15) is 0 Å². The first-order valence-electron chi connectivity index (χ1n) is 10.4. The number of hydrogen-bond donors (Lipinski definition) is 2. The van der Waals surface area contributed by atoms with E-state index in [2.05, 4.69) is 19.2 Å². The van der Waals surface area contributed by atoms with E-state index in [0.29, 0.717) is 36.4 Å². The van der Waals surface area contributed by atoms with Crippen LogP contribution in [0.15, 0.2) is 84.9 Å². The predicted octanol–water partition coefficient (Wildman–Crippen LogP) is 4.57. The molecule has 160 valence electrons. The zero-order valence-electron chi connectivity index (χ0n) is 18.0. The van der Waals surface area contributed by atoms with E-state index in [0.717, 1.165) is 5.56 Å². The molecule has 0 aliphatic carbocycles. The van der Waals surface area contributed by atoms with Crippen molar-refractivity contribution in [1.29, 1.82) is 0 Å². The standard InChI is InChI=1S/C26H29N3O2/c1-26(2,18-27)19-29(25(31)22-13-7-4-8-14-22)17-20-10-9-15-23(16-20)28-24(30)21-11-5-3-6-12-21/h3-16H,17-19,27H2,1-2H3,(H,28,30). The first-order chi connectivity index (χ1) is 14.9. The predicted molar refractivity (Wildman–Crippen MR) is 125 cm³/mol. The smallest absolute Gasteiger partial charge is 0.255 e. The van der Waals surface area contributed by atoms with E-state index >= 15 is 0 Å². The van der Waals surface area contributed by atoms with Crippen LogP contribution in [0.1, 0.15) is 40.1 Å². The first-order valence-corrected chi connectivity index (χ1v) is 10.4. The van der Waals surface area contributed by atoms with Gasteiger partial charge in [-0.1, -0.05) is 62.4 Å². The van der Waals surface area contributed by atoms with Crippen LogP contribution in [-0.4, -0.2) is 29.8 Å². The van der Waals surface area contributed by atoms with Gasteiger partial charge in [-0.05, 0) is 53.9 Å². The van der Waals surface area contributed by atoms with Crippen LogP contribution < -0.4 is 11.1 Å². The number of anilines is 1. The Bertz CT molecular complexity index is 1020. The van der Waals surface area contributed by atoms with Gasteiger partial charge in [0, 0.05) is 29.9 Å². The first kappa shape index (κ1) is 22.2. The lowest BCUT2D eigenvalue weighted by Gasteiger charge is -2.32.